The summed E-state index contributed by atoms with van der Waals surface area (Å²) in [4.78, 5) is 12.8. The molecule has 7 N–H and O–H groups in total. The van der Waals surface area contributed by atoms with Gasteiger partial charge >= 0.3 is 5.97 Å². The van der Waals surface area contributed by atoms with E-state index in [1.165, 1.54) is 24.3 Å². The van der Waals surface area contributed by atoms with Crippen LogP contribution in [0.1, 0.15) is 27.6 Å². The van der Waals surface area contributed by atoms with Gasteiger partial charge in [-0.25, -0.2) is 4.79 Å². The second-order valence-electron chi connectivity index (χ2n) is 7.64. The highest BCUT2D eigenvalue weighted by molar-refractivity contribution is 5.95. The van der Waals surface area contributed by atoms with Crippen LogP contribution in [0.5, 0.6) is 23.0 Å². The minimum atomic E-state index is -1.71. The van der Waals surface area contributed by atoms with Gasteiger partial charge in [0.2, 0.25) is 6.29 Å². The van der Waals surface area contributed by atoms with Gasteiger partial charge in [0.1, 0.15) is 47.6 Å². The predicted octanol–water partition coefficient (Wildman–Crippen LogP) is -0.564. The van der Waals surface area contributed by atoms with Crippen molar-refractivity contribution in [2.45, 2.75) is 43.2 Å². The van der Waals surface area contributed by atoms with Gasteiger partial charge in [0, 0.05) is 12.5 Å². The molecule has 4 rings (SSSR count). The molecule has 2 aromatic rings. The van der Waals surface area contributed by atoms with Crippen molar-refractivity contribution in [3.63, 3.8) is 0 Å². The maximum absolute atomic E-state index is 12.8. The molecule has 2 aromatic carbocycles. The Hall–Kier alpha value is -3.09. The fraction of sp³-hybridized carbons (Fsp3) is 0.381. The summed E-state index contributed by atoms with van der Waals surface area (Å²) in [5, 5.41) is 68.7. The van der Waals surface area contributed by atoms with Gasteiger partial charge in [0.05, 0.1) is 6.61 Å². The number of rotatable bonds is 4. The Morgan fingerprint density at radius 2 is 1.72 bits per heavy atom. The Kier molecular flexibility index (Phi) is 5.84. The van der Waals surface area contributed by atoms with Crippen molar-refractivity contribution in [2.24, 2.45) is 0 Å². The van der Waals surface area contributed by atoms with E-state index in [1.54, 1.807) is 0 Å². The molecule has 11 heteroatoms. The second-order valence-corrected chi connectivity index (χ2v) is 7.64. The Labute approximate surface area is 181 Å². The first-order chi connectivity index (χ1) is 15.2. The summed E-state index contributed by atoms with van der Waals surface area (Å²) < 4.78 is 16.3. The summed E-state index contributed by atoms with van der Waals surface area (Å²) in [7, 11) is 0. The number of esters is 1. The molecule has 0 aromatic heterocycles. The second kappa shape index (κ2) is 8.45. The molecule has 172 valence electrons. The van der Waals surface area contributed by atoms with E-state index >= 15 is 0 Å². The molecule has 1 fully saturated rings. The molecule has 0 saturated carbocycles. The Bertz CT molecular complexity index is 1020. The van der Waals surface area contributed by atoms with E-state index in [2.05, 4.69) is 0 Å². The molecule has 11 nitrogen and oxygen atoms in total. The van der Waals surface area contributed by atoms with Crippen LogP contribution >= 0.6 is 0 Å². The molecule has 2 aliphatic heterocycles. The van der Waals surface area contributed by atoms with Crippen LogP contribution in [0.2, 0.25) is 0 Å². The molecule has 2 heterocycles. The van der Waals surface area contributed by atoms with Crippen LogP contribution in [0.4, 0.5) is 0 Å². The lowest BCUT2D eigenvalue weighted by Crippen LogP contribution is -2.60. The number of cyclic esters (lactones) is 1. The minimum absolute atomic E-state index is 0.0426. The Morgan fingerprint density at radius 1 is 0.969 bits per heavy atom. The van der Waals surface area contributed by atoms with Gasteiger partial charge < -0.3 is 50.0 Å². The number of phenols is 3. The van der Waals surface area contributed by atoms with Crippen LogP contribution in [-0.2, 0) is 15.9 Å². The van der Waals surface area contributed by atoms with E-state index in [0.29, 0.717) is 11.1 Å². The number of hydrogen-bond donors (Lipinski definition) is 7. The van der Waals surface area contributed by atoms with E-state index < -0.39 is 49.4 Å². The monoisotopic (exact) mass is 450 g/mol. The highest BCUT2D eigenvalue weighted by Crippen LogP contribution is 2.40. The van der Waals surface area contributed by atoms with Crippen LogP contribution < -0.4 is 4.74 Å². The Balaban J connectivity index is 1.64. The summed E-state index contributed by atoms with van der Waals surface area (Å²) in [6, 6.07) is 6.43. The third kappa shape index (κ3) is 3.92. The summed E-state index contributed by atoms with van der Waals surface area (Å²) >= 11 is 0. The van der Waals surface area contributed by atoms with Gasteiger partial charge in [-0.05, 0) is 29.3 Å². The molecule has 1 saturated heterocycles. The fourth-order valence-electron chi connectivity index (χ4n) is 3.79. The smallest absolute Gasteiger partial charge is 0.342 e. The average Bonchev–Trinajstić information content (AvgIpc) is 2.75. The lowest BCUT2D eigenvalue weighted by atomic mass is 9.93. The number of phenolic OH excluding ortho intramolecular Hbond substituents is 3. The highest BCUT2D eigenvalue weighted by Gasteiger charge is 2.45. The van der Waals surface area contributed by atoms with E-state index in [4.69, 9.17) is 14.2 Å². The molecule has 0 aliphatic carbocycles. The van der Waals surface area contributed by atoms with Crippen LogP contribution in [0.3, 0.4) is 0 Å². The van der Waals surface area contributed by atoms with Gasteiger partial charge in [0.25, 0.3) is 0 Å². The number of hydrogen-bond acceptors (Lipinski definition) is 11. The maximum atomic E-state index is 12.8. The van der Waals surface area contributed by atoms with Crippen molar-refractivity contribution < 1.29 is 54.8 Å². The quantitative estimate of drug-likeness (QED) is 0.234. The normalized spacial score (nSPS) is 29.8. The zero-order valence-corrected chi connectivity index (χ0v) is 16.5. The summed E-state index contributed by atoms with van der Waals surface area (Å²) in [6.07, 6.45) is -8.47. The number of carbonyl (C=O) groups is 1. The van der Waals surface area contributed by atoms with Crippen molar-refractivity contribution in [1.29, 1.82) is 0 Å². The van der Waals surface area contributed by atoms with E-state index in [-0.39, 0.29) is 35.0 Å². The van der Waals surface area contributed by atoms with E-state index in [1.807, 2.05) is 0 Å². The number of fused-ring (bicyclic) bond motifs is 1. The number of aliphatic hydroxyl groups is 4. The maximum Gasteiger partial charge on any atom is 0.342 e. The molecule has 0 amide bonds. The molecular weight excluding hydrogens is 428 g/mol. The van der Waals surface area contributed by atoms with Gasteiger partial charge in [0.15, 0.2) is 11.5 Å². The van der Waals surface area contributed by atoms with Crippen molar-refractivity contribution in [2.75, 3.05) is 6.61 Å². The molecule has 0 radical (unpaired) electrons. The lowest BCUT2D eigenvalue weighted by molar-refractivity contribution is -0.277. The SMILES string of the molecule is O=C1O[C@H](c2ccc(O)c(O)c2)Cc2cc(O)cc(O[C@@H]3O[C@H](CO)[C@@H](O)[C@H](O)[C@H]3O)c21. The van der Waals surface area contributed by atoms with Crippen molar-refractivity contribution in [3.05, 3.63) is 47.0 Å². The minimum Gasteiger partial charge on any atom is -0.508 e. The van der Waals surface area contributed by atoms with E-state index in [9.17, 15) is 40.5 Å². The molecule has 0 spiro atoms. The highest BCUT2D eigenvalue weighted by atomic mass is 16.7. The van der Waals surface area contributed by atoms with Crippen LogP contribution in [0.25, 0.3) is 0 Å². The fourth-order valence-corrected chi connectivity index (χ4v) is 3.79. The number of aromatic hydroxyl groups is 3. The van der Waals surface area contributed by atoms with Gasteiger partial charge in [-0.2, -0.15) is 0 Å². The molecule has 32 heavy (non-hydrogen) atoms. The number of ether oxygens (including phenoxy) is 3. The van der Waals surface area contributed by atoms with Gasteiger partial charge in [-0.1, -0.05) is 6.07 Å². The number of carbonyl (C=O) groups excluding carboxylic acids is 1. The summed E-state index contributed by atoms with van der Waals surface area (Å²) in [5.74, 6) is -1.98. The standard InChI is InChI=1S/C21H22O11/c22-7-15-17(26)18(27)19(28)21(32-15)31-14-6-10(23)3-9-5-13(30-20(29)16(9)14)8-1-2-11(24)12(25)4-8/h1-4,6,13,15,17-19,21-28H,5,7H2/t13-,15+,17+,18-,19+,21+/m0/s1. The van der Waals surface area contributed by atoms with Crippen LogP contribution in [-0.4, -0.2) is 79.0 Å². The molecular formula is C21H22O11. The first-order valence-corrected chi connectivity index (χ1v) is 9.75. The largest absolute Gasteiger partial charge is 0.508 e. The topological polar surface area (TPSA) is 186 Å². The molecule has 0 unspecified atom stereocenters. The third-order valence-electron chi connectivity index (χ3n) is 5.49. The first kappa shape index (κ1) is 22.1. The number of benzene rings is 2. The summed E-state index contributed by atoms with van der Waals surface area (Å²) in [6.45, 7) is -0.661. The average molecular weight is 450 g/mol. The zero-order chi connectivity index (χ0) is 23.2. The summed E-state index contributed by atoms with van der Waals surface area (Å²) in [5.41, 5.74) is 0.719. The first-order valence-electron chi connectivity index (χ1n) is 9.75. The zero-order valence-electron chi connectivity index (χ0n) is 16.5. The lowest BCUT2D eigenvalue weighted by Gasteiger charge is -2.40. The number of aliphatic hydroxyl groups excluding tert-OH is 4. The van der Waals surface area contributed by atoms with Crippen molar-refractivity contribution in [1.82, 2.24) is 0 Å². The Morgan fingerprint density at radius 3 is 2.41 bits per heavy atom. The molecule has 6 atom stereocenters. The van der Waals surface area contributed by atoms with Crippen molar-refractivity contribution in [3.8, 4) is 23.0 Å². The van der Waals surface area contributed by atoms with E-state index in [0.717, 1.165) is 6.07 Å². The van der Waals surface area contributed by atoms with Crippen LogP contribution in [0, 0.1) is 0 Å². The van der Waals surface area contributed by atoms with Crippen molar-refractivity contribution >= 4 is 5.97 Å². The third-order valence-corrected chi connectivity index (χ3v) is 5.49. The van der Waals surface area contributed by atoms with Gasteiger partial charge in [-0.15, -0.1) is 0 Å². The van der Waals surface area contributed by atoms with Gasteiger partial charge in [-0.3, -0.25) is 0 Å². The predicted molar refractivity (Wildman–Crippen MR) is 104 cm³/mol. The van der Waals surface area contributed by atoms with Crippen LogP contribution in [0.15, 0.2) is 30.3 Å². The molecule has 0 bridgehead atoms. The molecule has 2 aliphatic rings.